The molecule has 2 heterocycles. The Balaban J connectivity index is 0.00000243. The van der Waals surface area contributed by atoms with Gasteiger partial charge in [-0.05, 0) is 49.4 Å². The van der Waals surface area contributed by atoms with E-state index < -0.39 is 0 Å². The van der Waals surface area contributed by atoms with Crippen LogP contribution in [0.5, 0.6) is 0 Å². The van der Waals surface area contributed by atoms with Crippen molar-refractivity contribution < 1.29 is 9.18 Å². The first-order chi connectivity index (χ1) is 12.1. The molecule has 0 radical (unpaired) electrons. The summed E-state index contributed by atoms with van der Waals surface area (Å²) in [6.07, 6.45) is 5.08. The number of piperidine rings is 1. The first-order valence-corrected chi connectivity index (χ1v) is 9.62. The van der Waals surface area contributed by atoms with Crippen molar-refractivity contribution in [1.82, 2.24) is 10.3 Å². The van der Waals surface area contributed by atoms with Crippen LogP contribution in [0, 0.1) is 17.7 Å². The van der Waals surface area contributed by atoms with E-state index in [1.165, 1.54) is 30.2 Å². The molecule has 2 unspecified atom stereocenters. The molecule has 1 saturated heterocycles. The Kier molecular flexibility index (Phi) is 8.00. The first kappa shape index (κ1) is 20.8. The average molecular weight is 398 g/mol. The van der Waals surface area contributed by atoms with Gasteiger partial charge in [0.05, 0.1) is 0 Å². The minimum Gasteiger partial charge on any atom is -0.316 e. The van der Waals surface area contributed by atoms with E-state index >= 15 is 0 Å². The van der Waals surface area contributed by atoms with Gasteiger partial charge in [-0.15, -0.1) is 23.7 Å². The fourth-order valence-corrected chi connectivity index (χ4v) is 4.12. The van der Waals surface area contributed by atoms with E-state index in [4.69, 9.17) is 0 Å². The topological polar surface area (TPSA) is 54.0 Å². The monoisotopic (exact) mass is 397 g/mol. The first-order valence-electron chi connectivity index (χ1n) is 8.80. The van der Waals surface area contributed by atoms with E-state index in [2.05, 4.69) is 22.5 Å². The summed E-state index contributed by atoms with van der Waals surface area (Å²) in [7, 11) is 0. The van der Waals surface area contributed by atoms with Crippen LogP contribution in [-0.2, 0) is 11.2 Å². The van der Waals surface area contributed by atoms with Crippen LogP contribution in [0.25, 0.3) is 0 Å². The highest BCUT2D eigenvalue weighted by atomic mass is 35.5. The summed E-state index contributed by atoms with van der Waals surface area (Å²) in [6.45, 7) is 4.22. The lowest BCUT2D eigenvalue weighted by atomic mass is 9.85. The third kappa shape index (κ3) is 5.76. The maximum Gasteiger partial charge on any atom is 0.226 e. The molecular formula is C19H25ClFN3OS. The Labute approximate surface area is 164 Å². The standard InChI is InChI=1S/C19H24FN3OS.ClH/c1-13(15-6-4-8-21-11-15)9-18(24)23-19-22-12-16(25-19)10-14-5-2-3-7-17(14)20;/h2-3,5,7,12-13,15,21H,4,6,8-11H2,1H3,(H,22,23,24);1H. The number of hydrogen-bond donors (Lipinski definition) is 2. The Morgan fingerprint density at radius 3 is 3.00 bits per heavy atom. The van der Waals surface area contributed by atoms with Crippen LogP contribution in [-0.4, -0.2) is 24.0 Å². The van der Waals surface area contributed by atoms with E-state index in [0.29, 0.717) is 35.4 Å². The molecule has 142 valence electrons. The Hall–Kier alpha value is -1.50. The smallest absolute Gasteiger partial charge is 0.226 e. The minimum absolute atomic E-state index is 0. The number of anilines is 1. The zero-order chi connectivity index (χ0) is 17.6. The van der Waals surface area contributed by atoms with Crippen molar-refractivity contribution in [3.05, 3.63) is 46.7 Å². The summed E-state index contributed by atoms with van der Waals surface area (Å²) < 4.78 is 13.7. The van der Waals surface area contributed by atoms with E-state index in [1.54, 1.807) is 18.3 Å². The molecule has 2 N–H and O–H groups in total. The van der Waals surface area contributed by atoms with Crippen LogP contribution in [0.1, 0.15) is 36.6 Å². The zero-order valence-corrected chi connectivity index (χ0v) is 16.5. The van der Waals surface area contributed by atoms with E-state index in [1.807, 2.05) is 6.07 Å². The third-order valence-electron chi connectivity index (χ3n) is 4.77. The Bertz CT molecular complexity index is 718. The quantitative estimate of drug-likeness (QED) is 0.765. The molecule has 1 amide bonds. The highest BCUT2D eigenvalue weighted by molar-refractivity contribution is 7.15. The second-order valence-corrected chi connectivity index (χ2v) is 7.85. The van der Waals surface area contributed by atoms with Crippen molar-refractivity contribution in [3.8, 4) is 0 Å². The van der Waals surface area contributed by atoms with Crippen molar-refractivity contribution in [2.45, 2.75) is 32.6 Å². The lowest BCUT2D eigenvalue weighted by Gasteiger charge is -2.27. The van der Waals surface area contributed by atoms with Crippen molar-refractivity contribution in [3.63, 3.8) is 0 Å². The van der Waals surface area contributed by atoms with Gasteiger partial charge < -0.3 is 10.6 Å². The second-order valence-electron chi connectivity index (χ2n) is 6.74. The molecule has 3 rings (SSSR count). The molecule has 1 aromatic heterocycles. The van der Waals surface area contributed by atoms with Gasteiger partial charge in [0.25, 0.3) is 0 Å². The second kappa shape index (κ2) is 10.00. The number of amides is 1. The van der Waals surface area contributed by atoms with Gasteiger partial charge in [-0.1, -0.05) is 25.1 Å². The van der Waals surface area contributed by atoms with Crippen LogP contribution >= 0.6 is 23.7 Å². The van der Waals surface area contributed by atoms with Gasteiger partial charge in [-0.3, -0.25) is 4.79 Å². The number of carbonyl (C=O) groups excluding carboxylic acids is 1. The van der Waals surface area contributed by atoms with Crippen molar-refractivity contribution >= 4 is 34.8 Å². The van der Waals surface area contributed by atoms with Gasteiger partial charge >= 0.3 is 0 Å². The minimum atomic E-state index is -0.212. The maximum absolute atomic E-state index is 13.7. The molecule has 26 heavy (non-hydrogen) atoms. The SMILES string of the molecule is CC(CC(=O)Nc1ncc(Cc2ccccc2F)s1)C1CCCNC1.Cl. The molecule has 0 bridgehead atoms. The van der Waals surface area contributed by atoms with Gasteiger partial charge in [0.2, 0.25) is 5.91 Å². The fourth-order valence-electron chi connectivity index (χ4n) is 3.27. The van der Waals surface area contributed by atoms with Crippen LogP contribution in [0.3, 0.4) is 0 Å². The van der Waals surface area contributed by atoms with Gasteiger partial charge in [0.15, 0.2) is 5.13 Å². The summed E-state index contributed by atoms with van der Waals surface area (Å²) >= 11 is 1.41. The molecule has 7 heteroatoms. The highest BCUT2D eigenvalue weighted by Crippen LogP contribution is 2.25. The Morgan fingerprint density at radius 2 is 2.27 bits per heavy atom. The molecule has 2 atom stereocenters. The molecule has 1 aliphatic rings. The van der Waals surface area contributed by atoms with E-state index in [0.717, 1.165) is 18.0 Å². The highest BCUT2D eigenvalue weighted by Gasteiger charge is 2.22. The number of thiazole rings is 1. The number of nitrogens with one attached hydrogen (secondary N) is 2. The normalized spacial score (nSPS) is 18.0. The summed E-state index contributed by atoms with van der Waals surface area (Å²) in [5.74, 6) is 0.708. The predicted molar refractivity (Wildman–Crippen MR) is 107 cm³/mol. The Morgan fingerprint density at radius 1 is 1.46 bits per heavy atom. The van der Waals surface area contributed by atoms with Crippen LogP contribution in [0.2, 0.25) is 0 Å². The van der Waals surface area contributed by atoms with Gasteiger partial charge in [0, 0.05) is 23.9 Å². The maximum atomic E-state index is 13.7. The average Bonchev–Trinajstić information content (AvgIpc) is 3.04. The van der Waals surface area contributed by atoms with Gasteiger partial charge in [-0.2, -0.15) is 0 Å². The number of carbonyl (C=O) groups is 1. The molecular weight excluding hydrogens is 373 g/mol. The number of hydrogen-bond acceptors (Lipinski definition) is 4. The molecule has 0 aliphatic carbocycles. The van der Waals surface area contributed by atoms with Crippen molar-refractivity contribution in [2.75, 3.05) is 18.4 Å². The summed E-state index contributed by atoms with van der Waals surface area (Å²) in [6, 6.07) is 6.73. The molecule has 4 nitrogen and oxygen atoms in total. The lowest BCUT2D eigenvalue weighted by molar-refractivity contribution is -0.117. The third-order valence-corrected chi connectivity index (χ3v) is 5.68. The molecule has 1 aromatic carbocycles. The number of halogens is 2. The summed E-state index contributed by atoms with van der Waals surface area (Å²) in [4.78, 5) is 17.5. The van der Waals surface area contributed by atoms with E-state index in [9.17, 15) is 9.18 Å². The largest absolute Gasteiger partial charge is 0.316 e. The van der Waals surface area contributed by atoms with Crippen LogP contribution in [0.4, 0.5) is 9.52 Å². The lowest BCUT2D eigenvalue weighted by Crippen LogP contribution is -2.34. The molecule has 1 aliphatic heterocycles. The molecule has 2 aromatic rings. The molecule has 0 saturated carbocycles. The summed E-state index contributed by atoms with van der Waals surface area (Å²) in [5, 5.41) is 6.87. The number of rotatable bonds is 6. The number of aromatic nitrogens is 1. The predicted octanol–water partition coefficient (Wildman–Crippen LogP) is 4.26. The zero-order valence-electron chi connectivity index (χ0n) is 14.8. The number of benzene rings is 1. The molecule has 1 fully saturated rings. The van der Waals surface area contributed by atoms with Crippen molar-refractivity contribution in [2.24, 2.45) is 11.8 Å². The number of nitrogens with zero attached hydrogens (tertiary/aromatic N) is 1. The summed E-state index contributed by atoms with van der Waals surface area (Å²) in [5.41, 5.74) is 0.641. The van der Waals surface area contributed by atoms with Crippen LogP contribution in [0.15, 0.2) is 30.5 Å². The fraction of sp³-hybridized carbons (Fsp3) is 0.474. The van der Waals surface area contributed by atoms with E-state index in [-0.39, 0.29) is 24.1 Å². The van der Waals surface area contributed by atoms with Gasteiger partial charge in [-0.25, -0.2) is 9.37 Å². The van der Waals surface area contributed by atoms with Crippen LogP contribution < -0.4 is 10.6 Å². The molecule has 0 spiro atoms. The van der Waals surface area contributed by atoms with Gasteiger partial charge in [0.1, 0.15) is 5.82 Å². The van der Waals surface area contributed by atoms with Crippen molar-refractivity contribution in [1.29, 1.82) is 0 Å².